The summed E-state index contributed by atoms with van der Waals surface area (Å²) in [6.45, 7) is 10.2. The molecule has 0 aliphatic rings. The molecule has 2 N–H and O–H groups in total. The molecule has 0 unspecified atom stereocenters. The van der Waals surface area contributed by atoms with E-state index < -0.39 is 0 Å². The summed E-state index contributed by atoms with van der Waals surface area (Å²) in [6.07, 6.45) is 2.89. The van der Waals surface area contributed by atoms with Crippen molar-refractivity contribution in [3.8, 4) is 0 Å². The van der Waals surface area contributed by atoms with E-state index in [1.165, 1.54) is 0 Å². The quantitative estimate of drug-likeness (QED) is 0.412. The van der Waals surface area contributed by atoms with Gasteiger partial charge in [0, 0.05) is 32.9 Å². The molecular weight excluding hydrogens is 266 g/mol. The lowest BCUT2D eigenvalue weighted by molar-refractivity contribution is 0.128. The number of aromatic nitrogens is 2. The van der Waals surface area contributed by atoms with Gasteiger partial charge in [-0.05, 0) is 25.3 Å². The van der Waals surface area contributed by atoms with Gasteiger partial charge in [0.15, 0.2) is 5.96 Å². The van der Waals surface area contributed by atoms with E-state index in [1.807, 2.05) is 17.8 Å². The van der Waals surface area contributed by atoms with Crippen LogP contribution < -0.4 is 10.6 Å². The van der Waals surface area contributed by atoms with Gasteiger partial charge in [0.05, 0.1) is 18.8 Å². The van der Waals surface area contributed by atoms with Crippen LogP contribution in [0.2, 0.25) is 0 Å². The fourth-order valence-electron chi connectivity index (χ4n) is 1.72. The SMILES string of the molecule is CCNC(=NCc1ccnn1C)NCCOCCC(C)C. The van der Waals surface area contributed by atoms with E-state index in [4.69, 9.17) is 4.74 Å². The van der Waals surface area contributed by atoms with Crippen molar-refractivity contribution < 1.29 is 4.74 Å². The highest BCUT2D eigenvalue weighted by Crippen LogP contribution is 1.99. The van der Waals surface area contributed by atoms with Crippen LogP contribution in [-0.2, 0) is 18.3 Å². The van der Waals surface area contributed by atoms with Gasteiger partial charge in [-0.2, -0.15) is 5.10 Å². The Hall–Kier alpha value is -1.56. The number of hydrogen-bond donors (Lipinski definition) is 2. The fourth-order valence-corrected chi connectivity index (χ4v) is 1.72. The van der Waals surface area contributed by atoms with Crippen LogP contribution in [0.25, 0.3) is 0 Å². The summed E-state index contributed by atoms with van der Waals surface area (Å²) in [6, 6.07) is 1.97. The van der Waals surface area contributed by atoms with Gasteiger partial charge in [0.2, 0.25) is 0 Å². The maximum atomic E-state index is 5.58. The molecule has 0 aliphatic carbocycles. The van der Waals surface area contributed by atoms with Gasteiger partial charge in [0.25, 0.3) is 0 Å². The standard InChI is InChI=1S/C15H29N5O/c1-5-16-15(17-9-11-21-10-7-13(2)3)18-12-14-6-8-19-20(14)4/h6,8,13H,5,7,9-12H2,1-4H3,(H2,16,17,18). The molecule has 0 radical (unpaired) electrons. The molecule has 0 aromatic carbocycles. The highest BCUT2D eigenvalue weighted by molar-refractivity contribution is 5.79. The summed E-state index contributed by atoms with van der Waals surface area (Å²) in [5.74, 6) is 1.50. The number of guanidine groups is 1. The Morgan fingerprint density at radius 2 is 2.19 bits per heavy atom. The number of aryl methyl sites for hydroxylation is 1. The van der Waals surface area contributed by atoms with Crippen molar-refractivity contribution in [2.75, 3.05) is 26.3 Å². The monoisotopic (exact) mass is 295 g/mol. The molecule has 0 bridgehead atoms. The third-order valence-electron chi connectivity index (χ3n) is 3.04. The smallest absolute Gasteiger partial charge is 0.191 e. The first-order valence-corrected chi connectivity index (χ1v) is 7.70. The van der Waals surface area contributed by atoms with Crippen LogP contribution in [0.5, 0.6) is 0 Å². The zero-order chi connectivity index (χ0) is 15.5. The predicted molar refractivity (Wildman–Crippen MR) is 86.3 cm³/mol. The molecule has 0 atom stereocenters. The fraction of sp³-hybridized carbons (Fsp3) is 0.733. The molecule has 0 saturated carbocycles. The summed E-state index contributed by atoms with van der Waals surface area (Å²) in [5.41, 5.74) is 1.08. The van der Waals surface area contributed by atoms with Crippen molar-refractivity contribution in [2.24, 2.45) is 18.0 Å². The zero-order valence-corrected chi connectivity index (χ0v) is 13.7. The first-order chi connectivity index (χ1) is 10.1. The maximum Gasteiger partial charge on any atom is 0.191 e. The van der Waals surface area contributed by atoms with Gasteiger partial charge >= 0.3 is 0 Å². The van der Waals surface area contributed by atoms with Crippen LogP contribution in [0.15, 0.2) is 17.3 Å². The molecule has 0 aliphatic heterocycles. The summed E-state index contributed by atoms with van der Waals surface area (Å²) < 4.78 is 7.42. The second kappa shape index (κ2) is 10.2. The Labute approximate surface area is 128 Å². The molecule has 0 amide bonds. The molecule has 120 valence electrons. The summed E-state index contributed by atoms with van der Waals surface area (Å²) in [7, 11) is 1.92. The molecule has 21 heavy (non-hydrogen) atoms. The normalized spacial score (nSPS) is 12.0. The predicted octanol–water partition coefficient (Wildman–Crippen LogP) is 1.54. The lowest BCUT2D eigenvalue weighted by Crippen LogP contribution is -2.39. The van der Waals surface area contributed by atoms with Crippen LogP contribution in [0, 0.1) is 5.92 Å². The first-order valence-electron chi connectivity index (χ1n) is 7.70. The lowest BCUT2D eigenvalue weighted by atomic mass is 10.1. The van der Waals surface area contributed by atoms with E-state index in [0.29, 0.717) is 19.1 Å². The van der Waals surface area contributed by atoms with Crippen LogP contribution >= 0.6 is 0 Å². The highest BCUT2D eigenvalue weighted by atomic mass is 16.5. The summed E-state index contributed by atoms with van der Waals surface area (Å²) in [5, 5.41) is 10.6. The Morgan fingerprint density at radius 3 is 2.81 bits per heavy atom. The van der Waals surface area contributed by atoms with Crippen molar-refractivity contribution in [3.63, 3.8) is 0 Å². The molecule has 1 aromatic heterocycles. The molecular formula is C15H29N5O. The van der Waals surface area contributed by atoms with Crippen molar-refractivity contribution in [1.82, 2.24) is 20.4 Å². The number of nitrogens with one attached hydrogen (secondary N) is 2. The van der Waals surface area contributed by atoms with E-state index in [1.54, 1.807) is 6.20 Å². The number of nitrogens with zero attached hydrogens (tertiary/aromatic N) is 3. The average molecular weight is 295 g/mol. The Kier molecular flexibility index (Phi) is 8.50. The van der Waals surface area contributed by atoms with Crippen molar-refractivity contribution in [2.45, 2.75) is 33.7 Å². The van der Waals surface area contributed by atoms with E-state index in [2.05, 4.69) is 41.5 Å². The van der Waals surface area contributed by atoms with Gasteiger partial charge in [-0.1, -0.05) is 13.8 Å². The zero-order valence-electron chi connectivity index (χ0n) is 13.7. The van der Waals surface area contributed by atoms with E-state index in [0.717, 1.165) is 37.8 Å². The maximum absolute atomic E-state index is 5.58. The van der Waals surface area contributed by atoms with Gasteiger partial charge in [0.1, 0.15) is 0 Å². The molecule has 0 spiro atoms. The van der Waals surface area contributed by atoms with Crippen molar-refractivity contribution >= 4 is 5.96 Å². The largest absolute Gasteiger partial charge is 0.380 e. The average Bonchev–Trinajstić information content (AvgIpc) is 2.85. The van der Waals surface area contributed by atoms with Gasteiger partial charge in [-0.25, -0.2) is 4.99 Å². The minimum absolute atomic E-state index is 0.611. The molecule has 1 heterocycles. The Balaban J connectivity index is 2.27. The second-order valence-electron chi connectivity index (χ2n) is 5.36. The minimum atomic E-state index is 0.611. The van der Waals surface area contributed by atoms with E-state index in [-0.39, 0.29) is 0 Å². The molecule has 0 saturated heterocycles. The third-order valence-corrected chi connectivity index (χ3v) is 3.04. The number of aliphatic imine (C=N–C) groups is 1. The Morgan fingerprint density at radius 1 is 1.38 bits per heavy atom. The number of hydrogen-bond acceptors (Lipinski definition) is 3. The molecule has 0 fully saturated rings. The second-order valence-corrected chi connectivity index (χ2v) is 5.36. The number of ether oxygens (including phenoxy) is 1. The van der Waals surface area contributed by atoms with Gasteiger partial charge in [-0.15, -0.1) is 0 Å². The van der Waals surface area contributed by atoms with E-state index in [9.17, 15) is 0 Å². The lowest BCUT2D eigenvalue weighted by Gasteiger charge is -2.12. The van der Waals surface area contributed by atoms with Crippen molar-refractivity contribution in [1.29, 1.82) is 0 Å². The van der Waals surface area contributed by atoms with Crippen molar-refractivity contribution in [3.05, 3.63) is 18.0 Å². The van der Waals surface area contributed by atoms with Gasteiger partial charge < -0.3 is 15.4 Å². The van der Waals surface area contributed by atoms with E-state index >= 15 is 0 Å². The topological polar surface area (TPSA) is 63.5 Å². The molecule has 6 heteroatoms. The van der Waals surface area contributed by atoms with Crippen LogP contribution in [-0.4, -0.2) is 42.0 Å². The summed E-state index contributed by atoms with van der Waals surface area (Å²) >= 11 is 0. The third kappa shape index (κ3) is 7.70. The van der Waals surface area contributed by atoms with Gasteiger partial charge in [-0.3, -0.25) is 4.68 Å². The number of rotatable bonds is 9. The molecule has 1 aromatic rings. The summed E-state index contributed by atoms with van der Waals surface area (Å²) in [4.78, 5) is 4.54. The minimum Gasteiger partial charge on any atom is -0.380 e. The van der Waals surface area contributed by atoms with Crippen LogP contribution in [0.3, 0.4) is 0 Å². The molecule has 6 nitrogen and oxygen atoms in total. The first kappa shape index (κ1) is 17.5. The Bertz CT molecular complexity index is 414. The van der Waals surface area contributed by atoms with Crippen LogP contribution in [0.1, 0.15) is 32.9 Å². The van der Waals surface area contributed by atoms with Crippen LogP contribution in [0.4, 0.5) is 0 Å². The molecule has 1 rings (SSSR count). The highest BCUT2D eigenvalue weighted by Gasteiger charge is 2.00.